The molecule has 40 heavy (non-hydrogen) atoms. The van der Waals surface area contributed by atoms with E-state index in [4.69, 9.17) is 9.47 Å². The van der Waals surface area contributed by atoms with E-state index in [-0.39, 0.29) is 47.8 Å². The molecule has 1 saturated heterocycles. The average Bonchev–Trinajstić information content (AvgIpc) is 3.58. The average molecular weight is 549 g/mol. The van der Waals surface area contributed by atoms with Crippen molar-refractivity contribution in [3.05, 3.63) is 41.5 Å². The van der Waals surface area contributed by atoms with E-state index >= 15 is 0 Å². The number of aliphatic hydroxyl groups excluding tert-OH is 2. The van der Waals surface area contributed by atoms with Gasteiger partial charge in [0.15, 0.2) is 5.78 Å². The summed E-state index contributed by atoms with van der Waals surface area (Å²) in [5.41, 5.74) is 0.789. The number of hydrogen-bond acceptors (Lipinski definition) is 8. The van der Waals surface area contributed by atoms with Gasteiger partial charge in [0.1, 0.15) is 24.1 Å². The van der Waals surface area contributed by atoms with E-state index in [9.17, 15) is 19.8 Å². The van der Waals surface area contributed by atoms with E-state index in [0.717, 1.165) is 37.7 Å². The Bertz CT molecular complexity index is 1330. The van der Waals surface area contributed by atoms with Crippen LogP contribution in [-0.2, 0) is 19.1 Å². The summed E-state index contributed by atoms with van der Waals surface area (Å²) < 4.78 is 12.3. The molecule has 1 spiro atoms. The molecule has 0 radical (unpaired) electrons. The lowest BCUT2D eigenvalue weighted by Gasteiger charge is -2.58. The molecule has 11 atom stereocenters. The van der Waals surface area contributed by atoms with Crippen molar-refractivity contribution in [2.24, 2.45) is 40.4 Å². The van der Waals surface area contributed by atoms with Crippen molar-refractivity contribution in [2.75, 3.05) is 6.61 Å². The summed E-state index contributed by atoms with van der Waals surface area (Å²) in [6.07, 6.45) is 9.21. The van der Waals surface area contributed by atoms with Crippen LogP contribution in [0.4, 0.5) is 0 Å². The number of nitrogens with zero attached hydrogens (tertiary/aromatic N) is 2. The highest BCUT2D eigenvalue weighted by molar-refractivity contribution is 6.24. The highest BCUT2D eigenvalue weighted by atomic mass is 16.6. The van der Waals surface area contributed by atoms with Crippen LogP contribution >= 0.6 is 0 Å². The van der Waals surface area contributed by atoms with Crippen LogP contribution in [0.1, 0.15) is 71.9 Å². The molecule has 0 aromatic carbocycles. The van der Waals surface area contributed by atoms with E-state index in [1.807, 2.05) is 6.92 Å². The van der Waals surface area contributed by atoms with Crippen molar-refractivity contribution in [3.8, 4) is 0 Å². The summed E-state index contributed by atoms with van der Waals surface area (Å²) in [6, 6.07) is 1.74. The van der Waals surface area contributed by atoms with Crippen LogP contribution in [0.3, 0.4) is 0 Å². The number of aliphatic hydroxyl groups is 2. The number of cyclic esters (lactones) is 1. The monoisotopic (exact) mass is 548 g/mol. The zero-order valence-corrected chi connectivity index (χ0v) is 23.8. The van der Waals surface area contributed by atoms with E-state index in [1.54, 1.807) is 18.3 Å². The molecule has 4 fully saturated rings. The van der Waals surface area contributed by atoms with Crippen LogP contribution in [0.5, 0.6) is 0 Å². The molecule has 4 aliphatic carbocycles. The predicted octanol–water partition coefficient (Wildman–Crippen LogP) is 3.67. The zero-order valence-electron chi connectivity index (χ0n) is 23.8. The van der Waals surface area contributed by atoms with Gasteiger partial charge in [-0.3, -0.25) is 4.79 Å². The number of carbonyl (C=O) groups is 2. The zero-order chi connectivity index (χ0) is 28.2. The predicted molar refractivity (Wildman–Crippen MR) is 145 cm³/mol. The number of Topliss-reactive ketones (excluding diaryl/α,β-unsaturated/α-hetero) is 1. The molecule has 7 rings (SSSR count). The third kappa shape index (κ3) is 3.24. The number of ether oxygens (including phenoxy) is 2. The lowest BCUT2D eigenvalue weighted by molar-refractivity contribution is -0.155. The first kappa shape index (κ1) is 26.5. The molecule has 1 aromatic heterocycles. The minimum atomic E-state index is -0.850. The maximum absolute atomic E-state index is 14.4. The lowest BCUT2D eigenvalue weighted by atomic mass is 9.43. The highest BCUT2D eigenvalue weighted by Gasteiger charge is 2.81. The molecule has 3 heterocycles. The van der Waals surface area contributed by atoms with Crippen LogP contribution < -0.4 is 0 Å². The van der Waals surface area contributed by atoms with Crippen molar-refractivity contribution in [1.29, 1.82) is 0 Å². The Morgan fingerprint density at radius 1 is 1.18 bits per heavy atom. The number of aromatic nitrogens is 2. The second-order valence-corrected chi connectivity index (χ2v) is 13.8. The number of allylic oxidation sites excluding steroid dienone is 1. The third-order valence-electron chi connectivity index (χ3n) is 12.6. The fraction of sp³-hybridized carbons (Fsp3) is 0.688. The first-order valence-electron chi connectivity index (χ1n) is 15.0. The topological polar surface area (TPSA) is 122 Å². The highest BCUT2D eigenvalue weighted by Crippen LogP contribution is 2.73. The van der Waals surface area contributed by atoms with Gasteiger partial charge in [0.25, 0.3) is 0 Å². The summed E-state index contributed by atoms with van der Waals surface area (Å²) >= 11 is 0. The van der Waals surface area contributed by atoms with Crippen molar-refractivity contribution < 1.29 is 29.3 Å². The maximum atomic E-state index is 14.4. The number of esters is 1. The molecule has 6 aliphatic rings. The molecular formula is C32H40N2O6. The second kappa shape index (κ2) is 8.79. The summed E-state index contributed by atoms with van der Waals surface area (Å²) in [4.78, 5) is 35.3. The van der Waals surface area contributed by atoms with Crippen LogP contribution in [0, 0.1) is 40.4 Å². The van der Waals surface area contributed by atoms with Gasteiger partial charge in [0, 0.05) is 18.2 Å². The summed E-state index contributed by atoms with van der Waals surface area (Å²) in [7, 11) is 0. The quantitative estimate of drug-likeness (QED) is 0.432. The van der Waals surface area contributed by atoms with Crippen molar-refractivity contribution in [2.45, 2.75) is 90.1 Å². The standard InChI is InChI=1S/C32H40N2O6/c1-16-11-25(39-29(38)20(16)14-35)17(2)21-5-6-22-18-13-27-32(40-27)26(36)12-19(24-8-10-33-15-34-24)28(37)31(32,4)23(18)7-9-30(21,22)3/h8,10,12,15,17-18,21-23,25-27,35-36H,5-7,9,11,13-14H2,1-4H3/t17-,18-,21+,22-,23-,25+,26-,27+,30+,31-,32+/m0/s1. The number of carbonyl (C=O) groups excluding carboxylic acids is 2. The van der Waals surface area contributed by atoms with Gasteiger partial charge in [-0.05, 0) is 93.1 Å². The molecule has 214 valence electrons. The van der Waals surface area contributed by atoms with Gasteiger partial charge in [-0.2, -0.15) is 0 Å². The minimum absolute atomic E-state index is 0.0382. The number of ketones is 1. The Kier molecular flexibility index (Phi) is 5.82. The Morgan fingerprint density at radius 3 is 2.67 bits per heavy atom. The van der Waals surface area contributed by atoms with Crippen LogP contribution in [0.2, 0.25) is 0 Å². The van der Waals surface area contributed by atoms with Gasteiger partial charge in [0.2, 0.25) is 0 Å². The maximum Gasteiger partial charge on any atom is 0.336 e. The second-order valence-electron chi connectivity index (χ2n) is 13.8. The Balaban J connectivity index is 1.18. The fourth-order valence-electron chi connectivity index (χ4n) is 10.5. The Hall–Kier alpha value is -2.42. The summed E-state index contributed by atoms with van der Waals surface area (Å²) in [5.74, 6) is 1.16. The molecule has 8 heteroatoms. The van der Waals surface area contributed by atoms with Crippen molar-refractivity contribution in [1.82, 2.24) is 9.97 Å². The number of fused-ring (bicyclic) bond motifs is 4. The summed E-state index contributed by atoms with van der Waals surface area (Å²) in [5, 5.41) is 21.0. The van der Waals surface area contributed by atoms with Crippen LogP contribution in [0.25, 0.3) is 5.57 Å². The van der Waals surface area contributed by atoms with Crippen molar-refractivity contribution in [3.63, 3.8) is 0 Å². The lowest BCUT2D eigenvalue weighted by Crippen LogP contribution is -2.64. The third-order valence-corrected chi connectivity index (χ3v) is 12.6. The van der Waals surface area contributed by atoms with Gasteiger partial charge >= 0.3 is 5.97 Å². The molecule has 0 amide bonds. The first-order chi connectivity index (χ1) is 19.1. The van der Waals surface area contributed by atoms with Gasteiger partial charge < -0.3 is 19.7 Å². The van der Waals surface area contributed by atoms with Gasteiger partial charge in [-0.25, -0.2) is 14.8 Å². The molecule has 0 unspecified atom stereocenters. The molecular weight excluding hydrogens is 508 g/mol. The fourth-order valence-corrected chi connectivity index (χ4v) is 10.5. The normalized spacial score (nSPS) is 46.5. The number of rotatable bonds is 4. The Labute approximate surface area is 235 Å². The van der Waals surface area contributed by atoms with E-state index in [0.29, 0.717) is 41.0 Å². The molecule has 1 aromatic rings. The molecule has 3 saturated carbocycles. The minimum Gasteiger partial charge on any atom is -0.458 e. The summed E-state index contributed by atoms with van der Waals surface area (Å²) in [6.45, 7) is 8.37. The van der Waals surface area contributed by atoms with E-state index in [1.165, 1.54) is 6.33 Å². The SMILES string of the molecule is CC1=C(CO)C(=O)O[C@@H]([C@@H](C)[C@H]2CC[C@H]3[C@@H]4C[C@H]5O[C@]56[C@@H](O)C=C(c5ccncn5)C(=O)[C@]6(C)[C@H]4CC[C@]23C)C1. The van der Waals surface area contributed by atoms with E-state index in [2.05, 4.69) is 30.7 Å². The van der Waals surface area contributed by atoms with Crippen LogP contribution in [-0.4, -0.2) is 62.5 Å². The van der Waals surface area contributed by atoms with Gasteiger partial charge in [-0.1, -0.05) is 19.4 Å². The van der Waals surface area contributed by atoms with Crippen molar-refractivity contribution >= 4 is 17.3 Å². The first-order valence-corrected chi connectivity index (χ1v) is 15.0. The number of epoxide rings is 1. The molecule has 2 N–H and O–H groups in total. The molecule has 0 bridgehead atoms. The van der Waals surface area contributed by atoms with E-state index < -0.39 is 17.1 Å². The number of hydrogen-bond donors (Lipinski definition) is 2. The van der Waals surface area contributed by atoms with Gasteiger partial charge in [0.05, 0.1) is 29.4 Å². The van der Waals surface area contributed by atoms with Crippen LogP contribution in [0.15, 0.2) is 35.8 Å². The molecule has 2 aliphatic heterocycles. The largest absolute Gasteiger partial charge is 0.458 e. The Morgan fingerprint density at radius 2 is 1.98 bits per heavy atom. The molecule has 8 nitrogen and oxygen atoms in total. The smallest absolute Gasteiger partial charge is 0.336 e. The van der Waals surface area contributed by atoms with Gasteiger partial charge in [-0.15, -0.1) is 0 Å².